The number of benzene rings is 14. The van der Waals surface area contributed by atoms with Crippen LogP contribution in [0.25, 0.3) is 145 Å². The molecule has 2 aliphatic heterocycles. The van der Waals surface area contributed by atoms with Crippen LogP contribution in [-0.2, 0) is 10.8 Å². The Hall–Kier alpha value is -13.6. The summed E-state index contributed by atoms with van der Waals surface area (Å²) >= 11 is 0. The van der Waals surface area contributed by atoms with Gasteiger partial charge >= 0.3 is 0 Å². The lowest BCUT2D eigenvalue weighted by Crippen LogP contribution is -2.32. The van der Waals surface area contributed by atoms with Crippen molar-refractivity contribution in [3.8, 4) is 124 Å². The molecule has 4 aliphatic rings. The molecule has 22 rings (SSSR count). The van der Waals surface area contributed by atoms with Gasteiger partial charge in [0.25, 0.3) is 0 Å². The standard InChI is InChI=1S/C94H54N4O4/c1-3-20-56(21-4-1)79-53-81(61-42-44-64-67-49-69-65-27-8-14-33-83(65)100-90(69)52-77(67)94(75(64)47-61)73-31-12-17-36-86(73)101-87-37-18-13-32-74(87)94)98-92(95-79)58-40-38-55(39-41-58)59-24-19-25-60(46-59)80-54-82(97-91(96-80)57-22-5-2-6-23-57)62-43-45-88-78(48-62)93(72-30-11-16-35-85(72)102-88)71-29-10-7-26-63(71)68-51-89-70(50-76(68)93)66-28-9-15-34-84(66)99-89/h1-54H. The molecule has 1 atom stereocenters. The minimum Gasteiger partial charge on any atom is -0.457 e. The SMILES string of the molecule is c1ccc(-c2cc(-c3ccc4c(c3)C3(c5ccccc5Oc5ccccc53)c3cc5oc6ccccc6c5cc3-4)nc(-c3ccc(-c4cccc(-c5cc(-c6ccc7c(c6)C6(c8ccccc8O7)c7ccccc7-c7cc8oc9ccccc9c8cc76)nc(-c6ccccc6)n5)c4)cc3)n2)cc1. The molecule has 1 unspecified atom stereocenters. The molecule has 14 aromatic carbocycles. The summed E-state index contributed by atoms with van der Waals surface area (Å²) < 4.78 is 27.0. The van der Waals surface area contributed by atoms with Gasteiger partial charge in [0.05, 0.1) is 33.6 Å². The zero-order valence-corrected chi connectivity index (χ0v) is 54.6. The largest absolute Gasteiger partial charge is 0.457 e. The topological polar surface area (TPSA) is 96.3 Å². The fraction of sp³-hybridized carbons (Fsp3) is 0.0213. The van der Waals surface area contributed by atoms with Crippen LogP contribution in [-0.4, -0.2) is 19.9 Å². The molecule has 0 radical (unpaired) electrons. The Labute approximate surface area is 585 Å². The van der Waals surface area contributed by atoms with E-state index in [0.717, 1.165) is 184 Å². The van der Waals surface area contributed by atoms with Gasteiger partial charge in [0.2, 0.25) is 0 Å². The number of ether oxygens (including phenoxy) is 2. The number of nitrogens with zero attached hydrogens (tertiary/aromatic N) is 4. The van der Waals surface area contributed by atoms with E-state index in [1.807, 2.05) is 36.4 Å². The Kier molecular flexibility index (Phi) is 11.9. The Morgan fingerprint density at radius 2 is 0.598 bits per heavy atom. The number of rotatable bonds is 7. The van der Waals surface area contributed by atoms with E-state index in [9.17, 15) is 0 Å². The average Bonchev–Trinajstić information content (AvgIpc) is 1.50. The highest BCUT2D eigenvalue weighted by Crippen LogP contribution is 2.65. The lowest BCUT2D eigenvalue weighted by atomic mass is 9.65. The van der Waals surface area contributed by atoms with E-state index in [0.29, 0.717) is 11.6 Å². The van der Waals surface area contributed by atoms with Crippen LogP contribution in [0.2, 0.25) is 0 Å². The van der Waals surface area contributed by atoms with Gasteiger partial charge in [0.15, 0.2) is 11.6 Å². The number of aromatic nitrogens is 4. The Morgan fingerprint density at radius 1 is 0.196 bits per heavy atom. The molecule has 2 aliphatic carbocycles. The average molecular weight is 1300 g/mol. The summed E-state index contributed by atoms with van der Waals surface area (Å²) in [5.74, 6) is 4.52. The predicted octanol–water partition coefficient (Wildman–Crippen LogP) is 23.7. The molecule has 0 fully saturated rings. The highest BCUT2D eigenvalue weighted by Gasteiger charge is 2.53. The summed E-state index contributed by atoms with van der Waals surface area (Å²) in [6.07, 6.45) is 0. The summed E-state index contributed by atoms with van der Waals surface area (Å²) in [5.41, 5.74) is 26.5. The number of hydrogen-bond acceptors (Lipinski definition) is 8. The van der Waals surface area contributed by atoms with Crippen LogP contribution in [0.3, 0.4) is 0 Å². The smallest absolute Gasteiger partial charge is 0.160 e. The summed E-state index contributed by atoms with van der Waals surface area (Å²) in [6, 6.07) is 116. The predicted molar refractivity (Wildman–Crippen MR) is 405 cm³/mol. The van der Waals surface area contributed by atoms with Crippen LogP contribution in [0.5, 0.6) is 23.0 Å². The fourth-order valence-electron chi connectivity index (χ4n) is 17.2. The lowest BCUT2D eigenvalue weighted by Gasteiger charge is -2.39. The Bertz CT molecular complexity index is 6550. The van der Waals surface area contributed by atoms with E-state index in [4.69, 9.17) is 38.2 Å². The molecule has 8 heteroatoms. The number of hydrogen-bond donors (Lipinski definition) is 0. The maximum absolute atomic E-state index is 6.96. The van der Waals surface area contributed by atoms with E-state index in [1.165, 1.54) is 16.7 Å². The molecule has 0 bridgehead atoms. The van der Waals surface area contributed by atoms with Gasteiger partial charge in [-0.3, -0.25) is 0 Å². The zero-order chi connectivity index (χ0) is 66.8. The van der Waals surface area contributed by atoms with E-state index in [2.05, 4.69) is 291 Å². The molecule has 2 spiro atoms. The first-order valence-electron chi connectivity index (χ1n) is 34.5. The molecule has 0 saturated carbocycles. The minimum absolute atomic E-state index is 0.621. The van der Waals surface area contributed by atoms with Crippen LogP contribution >= 0.6 is 0 Å². The second-order valence-electron chi connectivity index (χ2n) is 27.0. The van der Waals surface area contributed by atoms with Gasteiger partial charge in [0, 0.05) is 77.2 Å². The van der Waals surface area contributed by atoms with Gasteiger partial charge < -0.3 is 18.3 Å². The van der Waals surface area contributed by atoms with Gasteiger partial charge in [-0.05, 0) is 153 Å². The minimum atomic E-state index is -0.747. The third-order valence-electron chi connectivity index (χ3n) is 21.7. The third-order valence-corrected chi connectivity index (χ3v) is 21.7. The van der Waals surface area contributed by atoms with Crippen molar-refractivity contribution in [1.82, 2.24) is 19.9 Å². The molecular formula is C94H54N4O4. The fourth-order valence-corrected chi connectivity index (χ4v) is 17.2. The van der Waals surface area contributed by atoms with E-state index < -0.39 is 10.8 Å². The van der Waals surface area contributed by atoms with Crippen LogP contribution in [0.4, 0.5) is 0 Å². The van der Waals surface area contributed by atoms with Crippen LogP contribution in [0.1, 0.15) is 44.5 Å². The molecule has 474 valence electrons. The molecule has 0 amide bonds. The molecule has 8 nitrogen and oxygen atoms in total. The van der Waals surface area contributed by atoms with Crippen LogP contribution in [0.15, 0.2) is 336 Å². The van der Waals surface area contributed by atoms with Crippen molar-refractivity contribution in [2.45, 2.75) is 10.8 Å². The maximum atomic E-state index is 6.96. The van der Waals surface area contributed by atoms with Crippen molar-refractivity contribution < 1.29 is 18.3 Å². The quantitative estimate of drug-likeness (QED) is 0.156. The van der Waals surface area contributed by atoms with Crippen molar-refractivity contribution in [1.29, 1.82) is 0 Å². The lowest BCUT2D eigenvalue weighted by molar-refractivity contribution is 0.436. The molecule has 102 heavy (non-hydrogen) atoms. The molecule has 0 N–H and O–H groups in total. The normalized spacial score (nSPS) is 14.5. The van der Waals surface area contributed by atoms with Crippen molar-refractivity contribution in [3.05, 3.63) is 372 Å². The molecule has 0 saturated heterocycles. The molecule has 4 aromatic heterocycles. The van der Waals surface area contributed by atoms with E-state index in [1.54, 1.807) is 0 Å². The van der Waals surface area contributed by atoms with Crippen molar-refractivity contribution in [3.63, 3.8) is 0 Å². The van der Waals surface area contributed by atoms with Gasteiger partial charge in [-0.25, -0.2) is 19.9 Å². The number of para-hydroxylation sites is 5. The second kappa shape index (κ2) is 21.5. The third kappa shape index (κ3) is 8.14. The van der Waals surface area contributed by atoms with E-state index >= 15 is 0 Å². The van der Waals surface area contributed by atoms with E-state index in [-0.39, 0.29) is 0 Å². The number of furan rings is 2. The van der Waals surface area contributed by atoms with Crippen LogP contribution < -0.4 is 9.47 Å². The summed E-state index contributed by atoms with van der Waals surface area (Å²) in [6.45, 7) is 0. The summed E-state index contributed by atoms with van der Waals surface area (Å²) in [4.78, 5) is 21.7. The van der Waals surface area contributed by atoms with Crippen molar-refractivity contribution in [2.24, 2.45) is 0 Å². The highest BCUT2D eigenvalue weighted by molar-refractivity contribution is 6.10. The number of fused-ring (bicyclic) bond motifs is 24. The maximum Gasteiger partial charge on any atom is 0.160 e. The van der Waals surface area contributed by atoms with Gasteiger partial charge in [-0.2, -0.15) is 0 Å². The van der Waals surface area contributed by atoms with Crippen molar-refractivity contribution >= 4 is 43.9 Å². The van der Waals surface area contributed by atoms with Crippen molar-refractivity contribution in [2.75, 3.05) is 0 Å². The Morgan fingerprint density at radius 3 is 1.24 bits per heavy atom. The molecule has 18 aromatic rings. The highest BCUT2D eigenvalue weighted by atomic mass is 16.5. The molecular weight excluding hydrogens is 1250 g/mol. The molecule has 6 heterocycles. The van der Waals surface area contributed by atoms with Gasteiger partial charge in [-0.15, -0.1) is 0 Å². The zero-order valence-electron chi connectivity index (χ0n) is 54.6. The van der Waals surface area contributed by atoms with Gasteiger partial charge in [0.1, 0.15) is 45.3 Å². The Balaban J connectivity index is 0.653. The van der Waals surface area contributed by atoms with Crippen LogP contribution in [0, 0.1) is 0 Å². The summed E-state index contributed by atoms with van der Waals surface area (Å²) in [5, 5.41) is 4.34. The monoisotopic (exact) mass is 1300 g/mol. The first-order valence-corrected chi connectivity index (χ1v) is 34.5. The second-order valence-corrected chi connectivity index (χ2v) is 27.0. The summed E-state index contributed by atoms with van der Waals surface area (Å²) in [7, 11) is 0. The first kappa shape index (κ1) is 56.5. The first-order chi connectivity index (χ1) is 50.5. The van der Waals surface area contributed by atoms with Gasteiger partial charge in [-0.1, -0.05) is 231 Å².